The van der Waals surface area contributed by atoms with Crippen LogP contribution in [0.3, 0.4) is 0 Å². The minimum atomic E-state index is -0.221. The Labute approximate surface area is 145 Å². The molecule has 1 aliphatic rings. The van der Waals surface area contributed by atoms with Gasteiger partial charge in [-0.3, -0.25) is 15.0 Å². The van der Waals surface area contributed by atoms with E-state index in [2.05, 4.69) is 29.0 Å². The fourth-order valence-electron chi connectivity index (χ4n) is 2.77. The van der Waals surface area contributed by atoms with Gasteiger partial charge >= 0.3 is 0 Å². The highest BCUT2D eigenvalue weighted by atomic mass is 32.1. The number of rotatable bonds is 5. The van der Waals surface area contributed by atoms with E-state index in [1.54, 1.807) is 24.5 Å². The van der Waals surface area contributed by atoms with Crippen LogP contribution in [0.5, 0.6) is 0 Å². The zero-order valence-corrected chi connectivity index (χ0v) is 14.6. The minimum absolute atomic E-state index is 0.221. The maximum absolute atomic E-state index is 11.9. The fourth-order valence-corrected chi connectivity index (χ4v) is 3.47. The number of ether oxygens (including phenoxy) is 1. The van der Waals surface area contributed by atoms with Crippen molar-refractivity contribution in [3.05, 3.63) is 41.3 Å². The highest BCUT2D eigenvalue weighted by Crippen LogP contribution is 2.19. The zero-order valence-electron chi connectivity index (χ0n) is 13.8. The number of thiazole rings is 1. The SMILES string of the molecule is CC1CN(Cc2csc(NC(=O)/C=C/c3ccco3)n2)CC(C)O1. The normalized spacial score (nSPS) is 22.1. The lowest BCUT2D eigenvalue weighted by Gasteiger charge is -2.34. The summed E-state index contributed by atoms with van der Waals surface area (Å²) in [5.74, 6) is 0.418. The van der Waals surface area contributed by atoms with Crippen LogP contribution >= 0.6 is 11.3 Å². The first kappa shape index (κ1) is 16.9. The molecule has 0 bridgehead atoms. The standard InChI is InChI=1S/C17H21N3O3S/c1-12-8-20(9-13(2)23-12)10-14-11-24-17(18-14)19-16(21)6-5-15-4-3-7-22-15/h3-7,11-13H,8-10H2,1-2H3,(H,18,19,21)/b6-5+. The van der Waals surface area contributed by atoms with Gasteiger partial charge in [-0.15, -0.1) is 11.3 Å². The number of nitrogens with one attached hydrogen (secondary N) is 1. The van der Waals surface area contributed by atoms with Crippen molar-refractivity contribution in [3.8, 4) is 0 Å². The predicted octanol–water partition coefficient (Wildman–Crippen LogP) is 3.00. The Kier molecular flexibility index (Phi) is 5.44. The van der Waals surface area contributed by atoms with Gasteiger partial charge in [-0.1, -0.05) is 0 Å². The van der Waals surface area contributed by atoms with Crippen molar-refractivity contribution in [2.24, 2.45) is 0 Å². The lowest BCUT2D eigenvalue weighted by Crippen LogP contribution is -2.44. The summed E-state index contributed by atoms with van der Waals surface area (Å²) in [5.41, 5.74) is 0.964. The Hall–Kier alpha value is -1.96. The Morgan fingerprint density at radius 3 is 2.96 bits per heavy atom. The van der Waals surface area contributed by atoms with Gasteiger partial charge in [-0.05, 0) is 32.1 Å². The molecule has 0 saturated carbocycles. The first-order chi connectivity index (χ1) is 11.6. The van der Waals surface area contributed by atoms with Gasteiger partial charge in [0.05, 0.1) is 24.2 Å². The molecule has 24 heavy (non-hydrogen) atoms. The van der Waals surface area contributed by atoms with Crippen molar-refractivity contribution in [2.45, 2.75) is 32.6 Å². The van der Waals surface area contributed by atoms with Crippen LogP contribution in [0, 0.1) is 0 Å². The molecule has 1 saturated heterocycles. The van der Waals surface area contributed by atoms with Crippen LogP contribution in [0.1, 0.15) is 25.3 Å². The second kappa shape index (κ2) is 7.74. The summed E-state index contributed by atoms with van der Waals surface area (Å²) < 4.78 is 10.9. The van der Waals surface area contributed by atoms with Crippen LogP contribution in [-0.4, -0.2) is 41.1 Å². The van der Waals surface area contributed by atoms with E-state index in [0.29, 0.717) is 10.9 Å². The third-order valence-electron chi connectivity index (χ3n) is 3.60. The van der Waals surface area contributed by atoms with E-state index >= 15 is 0 Å². The van der Waals surface area contributed by atoms with Crippen molar-refractivity contribution >= 4 is 28.5 Å². The second-order valence-electron chi connectivity index (χ2n) is 5.93. The zero-order chi connectivity index (χ0) is 16.9. The number of aromatic nitrogens is 1. The topological polar surface area (TPSA) is 67.6 Å². The van der Waals surface area contributed by atoms with Crippen molar-refractivity contribution in [1.82, 2.24) is 9.88 Å². The molecule has 1 fully saturated rings. The van der Waals surface area contributed by atoms with E-state index in [1.165, 1.54) is 17.4 Å². The number of nitrogens with zero attached hydrogens (tertiary/aromatic N) is 2. The molecule has 2 atom stereocenters. The number of hydrogen-bond donors (Lipinski definition) is 1. The summed E-state index contributed by atoms with van der Waals surface area (Å²) >= 11 is 1.43. The van der Waals surface area contributed by atoms with Crippen molar-refractivity contribution in [3.63, 3.8) is 0 Å². The molecule has 7 heteroatoms. The van der Waals surface area contributed by atoms with Crippen LogP contribution in [-0.2, 0) is 16.1 Å². The lowest BCUT2D eigenvalue weighted by molar-refractivity contribution is -0.111. The number of hydrogen-bond acceptors (Lipinski definition) is 6. The molecule has 0 aromatic carbocycles. The fraction of sp³-hybridized carbons (Fsp3) is 0.412. The second-order valence-corrected chi connectivity index (χ2v) is 6.79. The van der Waals surface area contributed by atoms with E-state index < -0.39 is 0 Å². The van der Waals surface area contributed by atoms with Gasteiger partial charge < -0.3 is 9.15 Å². The van der Waals surface area contributed by atoms with Crippen LogP contribution in [0.4, 0.5) is 5.13 Å². The van der Waals surface area contributed by atoms with Crippen molar-refractivity contribution in [2.75, 3.05) is 18.4 Å². The number of carbonyl (C=O) groups is 1. The molecule has 1 amide bonds. The van der Waals surface area contributed by atoms with E-state index in [1.807, 2.05) is 5.38 Å². The van der Waals surface area contributed by atoms with E-state index in [9.17, 15) is 4.79 Å². The van der Waals surface area contributed by atoms with Crippen molar-refractivity contribution < 1.29 is 13.9 Å². The van der Waals surface area contributed by atoms with E-state index in [4.69, 9.17) is 9.15 Å². The molecule has 0 spiro atoms. The van der Waals surface area contributed by atoms with Crippen molar-refractivity contribution in [1.29, 1.82) is 0 Å². The summed E-state index contributed by atoms with van der Waals surface area (Å²) in [5, 5.41) is 5.36. The summed E-state index contributed by atoms with van der Waals surface area (Å²) in [4.78, 5) is 18.7. The Morgan fingerprint density at radius 1 is 1.46 bits per heavy atom. The maximum atomic E-state index is 11.9. The summed E-state index contributed by atoms with van der Waals surface area (Å²) in [6.07, 6.45) is 5.10. The number of furan rings is 1. The largest absolute Gasteiger partial charge is 0.465 e. The quantitative estimate of drug-likeness (QED) is 0.842. The first-order valence-electron chi connectivity index (χ1n) is 7.93. The third kappa shape index (κ3) is 4.77. The van der Waals surface area contributed by atoms with Crippen LogP contribution in [0.2, 0.25) is 0 Å². The number of morpholine rings is 1. The van der Waals surface area contributed by atoms with E-state index in [0.717, 1.165) is 25.3 Å². The predicted molar refractivity (Wildman–Crippen MR) is 93.8 cm³/mol. The summed E-state index contributed by atoms with van der Waals surface area (Å²) in [6, 6.07) is 3.56. The molecule has 3 heterocycles. The van der Waals surface area contributed by atoms with Gasteiger partial charge in [0.15, 0.2) is 5.13 Å². The smallest absolute Gasteiger partial charge is 0.250 e. The Bertz CT molecular complexity index is 686. The molecule has 0 radical (unpaired) electrons. The monoisotopic (exact) mass is 347 g/mol. The summed E-state index contributed by atoms with van der Waals surface area (Å²) in [7, 11) is 0. The molecule has 0 aliphatic carbocycles. The van der Waals surface area contributed by atoms with Crippen LogP contribution < -0.4 is 5.32 Å². The van der Waals surface area contributed by atoms with Crippen LogP contribution in [0.15, 0.2) is 34.3 Å². The molecule has 6 nitrogen and oxygen atoms in total. The average Bonchev–Trinajstić information content (AvgIpc) is 3.16. The molecule has 1 N–H and O–H groups in total. The molecule has 3 rings (SSSR count). The maximum Gasteiger partial charge on any atom is 0.250 e. The molecular weight excluding hydrogens is 326 g/mol. The highest BCUT2D eigenvalue weighted by molar-refractivity contribution is 7.13. The Morgan fingerprint density at radius 2 is 2.25 bits per heavy atom. The van der Waals surface area contributed by atoms with Crippen LogP contribution in [0.25, 0.3) is 6.08 Å². The highest BCUT2D eigenvalue weighted by Gasteiger charge is 2.22. The van der Waals surface area contributed by atoms with Gasteiger partial charge in [0.1, 0.15) is 5.76 Å². The third-order valence-corrected chi connectivity index (χ3v) is 4.41. The number of anilines is 1. The molecule has 1 aliphatic heterocycles. The van der Waals surface area contributed by atoms with Gasteiger partial charge in [0, 0.05) is 31.1 Å². The van der Waals surface area contributed by atoms with E-state index in [-0.39, 0.29) is 18.1 Å². The average molecular weight is 347 g/mol. The van der Waals surface area contributed by atoms with Gasteiger partial charge in [-0.25, -0.2) is 4.98 Å². The molecule has 2 unspecified atom stereocenters. The van der Waals surface area contributed by atoms with Gasteiger partial charge in [0.25, 0.3) is 0 Å². The molecular formula is C17H21N3O3S. The lowest BCUT2D eigenvalue weighted by atomic mass is 10.2. The van der Waals surface area contributed by atoms with Gasteiger partial charge in [-0.2, -0.15) is 0 Å². The summed E-state index contributed by atoms with van der Waals surface area (Å²) in [6.45, 7) is 6.74. The van der Waals surface area contributed by atoms with Gasteiger partial charge in [0.2, 0.25) is 5.91 Å². The minimum Gasteiger partial charge on any atom is -0.465 e. The Balaban J connectivity index is 1.52. The number of carbonyl (C=O) groups excluding carboxylic acids is 1. The molecule has 128 valence electrons. The first-order valence-corrected chi connectivity index (χ1v) is 8.81. The molecule has 2 aromatic rings. The molecule has 2 aromatic heterocycles. The number of amides is 1.